The molecule has 50 valence electrons. The van der Waals surface area contributed by atoms with Crippen molar-refractivity contribution in [2.45, 2.75) is 0 Å². The van der Waals surface area contributed by atoms with Crippen molar-refractivity contribution in [2.24, 2.45) is 0 Å². The van der Waals surface area contributed by atoms with Crippen LogP contribution in [0.15, 0.2) is 6.20 Å². The molecule has 0 radical (unpaired) electrons. The fourth-order valence-corrected chi connectivity index (χ4v) is 0.460. The largest absolute Gasteiger partial charge is 0.520 e. The Morgan fingerprint density at radius 3 is 2.80 bits per heavy atom. The van der Waals surface area contributed by atoms with Gasteiger partial charge in [-0.1, -0.05) is 0 Å². The minimum Gasteiger partial charge on any atom is -0.520 e. The Labute approximate surface area is 76.5 Å². The van der Waals surface area contributed by atoms with Crippen molar-refractivity contribution in [3.8, 4) is 5.75 Å². The third-order valence-electron chi connectivity index (χ3n) is 0.767. The van der Waals surface area contributed by atoms with Gasteiger partial charge in [-0.3, -0.25) is 0 Å². The summed E-state index contributed by atoms with van der Waals surface area (Å²) in [4.78, 5) is 7.20. The van der Waals surface area contributed by atoms with Crippen molar-refractivity contribution in [1.82, 2.24) is 9.97 Å². The van der Waals surface area contributed by atoms with Crippen LogP contribution in [0.1, 0.15) is 0 Å². The first-order valence-corrected chi connectivity index (χ1v) is 2.65. The summed E-state index contributed by atoms with van der Waals surface area (Å²) < 4.78 is 4.73. The second-order valence-corrected chi connectivity index (χ2v) is 1.66. The quantitative estimate of drug-likeness (QED) is 0.392. The Kier molecular flexibility index (Phi) is 4.49. The van der Waals surface area contributed by atoms with Crippen molar-refractivity contribution in [2.75, 3.05) is 7.11 Å². The van der Waals surface area contributed by atoms with Crippen LogP contribution >= 0.6 is 11.6 Å². The third-order valence-corrected chi connectivity index (χ3v) is 0.949. The molecule has 1 aromatic heterocycles. The summed E-state index contributed by atoms with van der Waals surface area (Å²) in [7, 11) is 1.52. The van der Waals surface area contributed by atoms with E-state index in [-0.39, 0.29) is 24.8 Å². The second kappa shape index (κ2) is 4.58. The fraction of sp³-hybridized carbons (Fsp3) is 0.200. The molecule has 0 fully saturated rings. The number of ether oxygens (including phenoxy) is 1. The predicted molar refractivity (Wildman–Crippen MR) is 32.4 cm³/mol. The van der Waals surface area contributed by atoms with Crippen molar-refractivity contribution >= 4 is 11.6 Å². The van der Waals surface area contributed by atoms with E-state index in [9.17, 15) is 0 Å². The molecule has 0 spiro atoms. The van der Waals surface area contributed by atoms with Crippen LogP contribution in [0.4, 0.5) is 0 Å². The Morgan fingerprint density at radius 1 is 1.70 bits per heavy atom. The Balaban J connectivity index is 0.000000810. The van der Waals surface area contributed by atoms with Gasteiger partial charge in [-0.05, 0) is 12.4 Å². The van der Waals surface area contributed by atoms with Crippen LogP contribution in [0.3, 0.4) is 0 Å². The molecule has 0 saturated heterocycles. The first-order chi connectivity index (χ1) is 4.33. The molecule has 0 aliphatic heterocycles. The predicted octanol–water partition coefficient (Wildman–Crippen LogP) is 0.936. The van der Waals surface area contributed by atoms with Crippen molar-refractivity contribution in [3.05, 3.63) is 17.7 Å². The molecule has 0 unspecified atom stereocenters. The Hall–Kier alpha value is -0.207. The topological polar surface area (TPSA) is 35.0 Å². The van der Waals surface area contributed by atoms with Crippen molar-refractivity contribution < 1.29 is 24.2 Å². The molecule has 0 amide bonds. The van der Waals surface area contributed by atoms with Gasteiger partial charge in [0, 0.05) is 25.2 Å². The summed E-state index contributed by atoms with van der Waals surface area (Å²) in [5.74, 6) is 0.486. The summed E-state index contributed by atoms with van der Waals surface area (Å²) in [6.45, 7) is 0. The van der Waals surface area contributed by atoms with Gasteiger partial charge in [0.1, 0.15) is 5.28 Å². The van der Waals surface area contributed by atoms with E-state index in [4.69, 9.17) is 16.3 Å². The summed E-state index contributed by atoms with van der Waals surface area (Å²) in [5, 5.41) is 0.177. The molecule has 0 bridgehead atoms. The number of hydrogen-bond acceptors (Lipinski definition) is 3. The maximum atomic E-state index is 5.36. The zero-order valence-electron chi connectivity index (χ0n) is 5.47. The second-order valence-electron chi connectivity index (χ2n) is 1.32. The van der Waals surface area contributed by atoms with E-state index in [1.165, 1.54) is 13.3 Å². The zero-order chi connectivity index (χ0) is 6.69. The number of aromatic nitrogens is 2. The molecule has 0 saturated carbocycles. The summed E-state index contributed by atoms with van der Waals surface area (Å²) in [6.07, 6.45) is 3.97. The van der Waals surface area contributed by atoms with E-state index >= 15 is 0 Å². The minimum atomic E-state index is 0. The van der Waals surface area contributed by atoms with Gasteiger partial charge < -0.3 is 14.7 Å². The van der Waals surface area contributed by atoms with Gasteiger partial charge in [0.25, 0.3) is 0 Å². The van der Waals surface area contributed by atoms with Gasteiger partial charge in [-0.15, -0.1) is 11.6 Å². The maximum absolute atomic E-state index is 5.36. The molecule has 5 heteroatoms. The first kappa shape index (κ1) is 9.79. The molecule has 1 aromatic rings. The smallest absolute Gasteiger partial charge is 0.105 e. The number of rotatable bonds is 1. The molecule has 0 aliphatic rings. The minimum absolute atomic E-state index is 0. The van der Waals surface area contributed by atoms with Gasteiger partial charge in [-0.2, -0.15) is 0 Å². The van der Waals surface area contributed by atoms with Crippen LogP contribution in [0, 0.1) is 6.20 Å². The standard InChI is InChI=1S/C5H4ClN2O.Zn/c1-9-4-2-7-5(6)8-3-4;/h2H,1H3;/q-1;. The van der Waals surface area contributed by atoms with Gasteiger partial charge >= 0.3 is 0 Å². The van der Waals surface area contributed by atoms with Crippen molar-refractivity contribution in [1.29, 1.82) is 0 Å². The summed E-state index contributed by atoms with van der Waals surface area (Å²) in [6, 6.07) is 0. The summed E-state index contributed by atoms with van der Waals surface area (Å²) >= 11 is 5.36. The maximum Gasteiger partial charge on any atom is 0.105 e. The average Bonchev–Trinajstić information content (AvgIpc) is 1.90. The Bertz CT molecular complexity index is 191. The SMILES string of the molecule is COc1[c-]nc(Cl)nc1.[Zn]. The fourth-order valence-electron chi connectivity index (χ4n) is 0.369. The van der Waals surface area contributed by atoms with E-state index < -0.39 is 0 Å². The Morgan fingerprint density at radius 2 is 2.40 bits per heavy atom. The molecule has 0 N–H and O–H groups in total. The van der Waals surface area contributed by atoms with Crippen LogP contribution in [0.2, 0.25) is 5.28 Å². The van der Waals surface area contributed by atoms with Gasteiger partial charge in [0.05, 0.1) is 7.11 Å². The zero-order valence-corrected chi connectivity index (χ0v) is 9.19. The van der Waals surface area contributed by atoms with Crippen LogP contribution in [-0.4, -0.2) is 17.1 Å². The van der Waals surface area contributed by atoms with Gasteiger partial charge in [-0.25, -0.2) is 0 Å². The van der Waals surface area contributed by atoms with E-state index in [1.807, 2.05) is 0 Å². The monoisotopic (exact) mass is 207 g/mol. The van der Waals surface area contributed by atoms with E-state index in [0.717, 1.165) is 0 Å². The van der Waals surface area contributed by atoms with Crippen LogP contribution in [0.5, 0.6) is 5.75 Å². The number of nitrogens with zero attached hydrogens (tertiary/aromatic N) is 2. The van der Waals surface area contributed by atoms with Crippen molar-refractivity contribution in [3.63, 3.8) is 0 Å². The summed E-state index contributed by atoms with van der Waals surface area (Å²) in [5.41, 5.74) is 0. The number of hydrogen-bond donors (Lipinski definition) is 0. The number of halogens is 1. The third kappa shape index (κ3) is 2.59. The average molecular weight is 209 g/mol. The molecule has 1 heterocycles. The van der Waals surface area contributed by atoms with Crippen LogP contribution in [-0.2, 0) is 19.5 Å². The van der Waals surface area contributed by atoms with Crippen LogP contribution in [0.25, 0.3) is 0 Å². The van der Waals surface area contributed by atoms with E-state index in [1.54, 1.807) is 0 Å². The van der Waals surface area contributed by atoms with Gasteiger partial charge in [0.15, 0.2) is 0 Å². The molecule has 0 aliphatic carbocycles. The molecule has 3 nitrogen and oxygen atoms in total. The van der Waals surface area contributed by atoms with E-state index in [0.29, 0.717) is 5.75 Å². The molecule has 0 aromatic carbocycles. The molecule has 10 heavy (non-hydrogen) atoms. The first-order valence-electron chi connectivity index (χ1n) is 2.27. The normalized spacial score (nSPS) is 8.20. The molecule has 1 rings (SSSR count). The van der Waals surface area contributed by atoms with Crippen LogP contribution < -0.4 is 4.74 Å². The van der Waals surface area contributed by atoms with Gasteiger partial charge in [0.2, 0.25) is 0 Å². The molecular weight excluding hydrogens is 205 g/mol. The molecular formula is C5H4ClN2OZn-. The molecule has 0 atom stereocenters. The number of methoxy groups -OCH3 is 1. The van der Waals surface area contributed by atoms with E-state index in [2.05, 4.69) is 16.2 Å².